The van der Waals surface area contributed by atoms with E-state index in [1.54, 1.807) is 7.11 Å². The lowest BCUT2D eigenvalue weighted by atomic mass is 10.1. The van der Waals surface area contributed by atoms with Crippen LogP contribution in [0.3, 0.4) is 0 Å². The number of hydrogen-bond acceptors (Lipinski definition) is 3. The summed E-state index contributed by atoms with van der Waals surface area (Å²) in [7, 11) is 2.90. The molecular formula is C7H13BrO3. The summed E-state index contributed by atoms with van der Waals surface area (Å²) in [5.74, 6) is -0.322. The fourth-order valence-corrected chi connectivity index (χ4v) is 0.865. The van der Waals surface area contributed by atoms with E-state index in [0.717, 1.165) is 0 Å². The molecular weight excluding hydrogens is 212 g/mol. The fourth-order valence-electron chi connectivity index (χ4n) is 0.491. The van der Waals surface area contributed by atoms with Gasteiger partial charge < -0.3 is 9.47 Å². The van der Waals surface area contributed by atoms with Crippen molar-refractivity contribution in [3.8, 4) is 0 Å². The monoisotopic (exact) mass is 224 g/mol. The van der Waals surface area contributed by atoms with Crippen LogP contribution < -0.4 is 0 Å². The molecule has 3 nitrogen and oxygen atoms in total. The molecule has 0 amide bonds. The number of alkyl halides is 1. The minimum atomic E-state index is -0.535. The third kappa shape index (κ3) is 2.79. The van der Waals surface area contributed by atoms with Gasteiger partial charge in [0.15, 0.2) is 0 Å². The first-order valence-electron chi connectivity index (χ1n) is 3.22. The maximum Gasteiger partial charge on any atom is 0.322 e. The van der Waals surface area contributed by atoms with Crippen molar-refractivity contribution in [2.45, 2.75) is 24.3 Å². The van der Waals surface area contributed by atoms with Gasteiger partial charge in [-0.3, -0.25) is 4.79 Å². The summed E-state index contributed by atoms with van der Waals surface area (Å²) in [6, 6.07) is 0. The van der Waals surface area contributed by atoms with E-state index in [4.69, 9.17) is 4.74 Å². The number of esters is 1. The molecule has 0 aromatic carbocycles. The second kappa shape index (κ2) is 4.07. The van der Waals surface area contributed by atoms with E-state index >= 15 is 0 Å². The predicted molar refractivity (Wildman–Crippen MR) is 45.8 cm³/mol. The molecule has 0 radical (unpaired) electrons. The van der Waals surface area contributed by atoms with Crippen molar-refractivity contribution in [1.29, 1.82) is 0 Å². The van der Waals surface area contributed by atoms with Crippen LogP contribution in [0.25, 0.3) is 0 Å². The Morgan fingerprint density at radius 1 is 1.45 bits per heavy atom. The van der Waals surface area contributed by atoms with Crippen molar-refractivity contribution < 1.29 is 14.3 Å². The second-order valence-electron chi connectivity index (χ2n) is 2.69. The second-order valence-corrected chi connectivity index (χ2v) is 3.61. The Balaban J connectivity index is 4.22. The van der Waals surface area contributed by atoms with Crippen molar-refractivity contribution in [3.63, 3.8) is 0 Å². The molecule has 0 fully saturated rings. The molecule has 66 valence electrons. The molecule has 0 unspecified atom stereocenters. The molecule has 0 N–H and O–H groups in total. The first kappa shape index (κ1) is 10.9. The van der Waals surface area contributed by atoms with E-state index in [1.165, 1.54) is 7.11 Å². The van der Waals surface area contributed by atoms with Crippen molar-refractivity contribution in [3.05, 3.63) is 0 Å². The smallest absolute Gasteiger partial charge is 0.322 e. The Hall–Kier alpha value is -0.0900. The van der Waals surface area contributed by atoms with Gasteiger partial charge in [0.25, 0.3) is 0 Å². The Kier molecular flexibility index (Phi) is 4.03. The van der Waals surface area contributed by atoms with Crippen LogP contribution in [0.15, 0.2) is 0 Å². The Bertz CT molecular complexity index is 145. The molecule has 0 bridgehead atoms. The highest BCUT2D eigenvalue weighted by molar-refractivity contribution is 9.10. The summed E-state index contributed by atoms with van der Waals surface area (Å²) in [5.41, 5.74) is -0.535. The average Bonchev–Trinajstić information content (AvgIpc) is 2.01. The lowest BCUT2D eigenvalue weighted by Crippen LogP contribution is -2.40. The predicted octanol–water partition coefficient (Wildman–Crippen LogP) is 1.35. The van der Waals surface area contributed by atoms with E-state index < -0.39 is 10.4 Å². The molecule has 0 heterocycles. The van der Waals surface area contributed by atoms with Crippen molar-refractivity contribution in [2.75, 3.05) is 14.2 Å². The van der Waals surface area contributed by atoms with Gasteiger partial charge in [-0.1, -0.05) is 15.9 Å². The molecule has 0 saturated carbocycles. The third-order valence-electron chi connectivity index (χ3n) is 1.54. The van der Waals surface area contributed by atoms with Crippen molar-refractivity contribution in [2.24, 2.45) is 0 Å². The topological polar surface area (TPSA) is 35.5 Å². The molecule has 0 spiro atoms. The standard InChI is InChI=1S/C7H13BrO3/c1-7(2,11-4)5(8)6(9)10-3/h5H,1-4H3/t5-/m1/s1. The number of halogens is 1. The number of ether oxygens (including phenoxy) is 2. The van der Waals surface area contributed by atoms with Gasteiger partial charge in [-0.15, -0.1) is 0 Å². The van der Waals surface area contributed by atoms with E-state index in [2.05, 4.69) is 20.7 Å². The van der Waals surface area contributed by atoms with Crippen LogP contribution in [0.5, 0.6) is 0 Å². The van der Waals surface area contributed by atoms with Gasteiger partial charge in [0.1, 0.15) is 4.83 Å². The molecule has 4 heteroatoms. The van der Waals surface area contributed by atoms with Crippen molar-refractivity contribution in [1.82, 2.24) is 0 Å². The fraction of sp³-hybridized carbons (Fsp3) is 0.857. The molecule has 1 atom stereocenters. The zero-order valence-electron chi connectivity index (χ0n) is 7.18. The van der Waals surface area contributed by atoms with E-state index in [-0.39, 0.29) is 5.97 Å². The van der Waals surface area contributed by atoms with E-state index in [0.29, 0.717) is 0 Å². The molecule has 0 aliphatic heterocycles. The molecule has 0 aromatic rings. The van der Waals surface area contributed by atoms with Gasteiger partial charge in [-0.25, -0.2) is 0 Å². The first-order valence-corrected chi connectivity index (χ1v) is 4.14. The van der Waals surface area contributed by atoms with Gasteiger partial charge in [0.05, 0.1) is 12.7 Å². The zero-order chi connectivity index (χ0) is 9.07. The maximum atomic E-state index is 11.0. The molecule has 0 aromatic heterocycles. The van der Waals surface area contributed by atoms with Gasteiger partial charge in [-0.05, 0) is 13.8 Å². The minimum Gasteiger partial charge on any atom is -0.468 e. The summed E-state index contributed by atoms with van der Waals surface area (Å²) >= 11 is 3.19. The van der Waals surface area contributed by atoms with Crippen LogP contribution in [-0.2, 0) is 14.3 Å². The van der Waals surface area contributed by atoms with Crippen LogP contribution in [-0.4, -0.2) is 30.6 Å². The van der Waals surface area contributed by atoms with Gasteiger partial charge >= 0.3 is 5.97 Å². The summed E-state index contributed by atoms with van der Waals surface area (Å²) in [6.45, 7) is 3.62. The highest BCUT2D eigenvalue weighted by atomic mass is 79.9. The third-order valence-corrected chi connectivity index (χ3v) is 3.02. The number of hydrogen-bond donors (Lipinski definition) is 0. The van der Waals surface area contributed by atoms with Crippen LogP contribution in [0.4, 0.5) is 0 Å². The summed E-state index contributed by atoms with van der Waals surface area (Å²) in [5, 5.41) is 0. The normalized spacial score (nSPS) is 14.3. The highest BCUT2D eigenvalue weighted by Gasteiger charge is 2.33. The zero-order valence-corrected chi connectivity index (χ0v) is 8.77. The van der Waals surface area contributed by atoms with Gasteiger partial charge in [0.2, 0.25) is 0 Å². The summed E-state index contributed by atoms with van der Waals surface area (Å²) in [4.78, 5) is 10.5. The SMILES string of the molecule is COC(=O)[C@@H](Br)C(C)(C)OC. The largest absolute Gasteiger partial charge is 0.468 e. The Morgan fingerprint density at radius 3 is 2.18 bits per heavy atom. The van der Waals surface area contributed by atoms with E-state index in [9.17, 15) is 4.79 Å². The van der Waals surface area contributed by atoms with Crippen LogP contribution in [0, 0.1) is 0 Å². The minimum absolute atomic E-state index is 0.322. The number of carbonyl (C=O) groups excluding carboxylic acids is 1. The number of rotatable bonds is 3. The average molecular weight is 225 g/mol. The Morgan fingerprint density at radius 2 is 1.91 bits per heavy atom. The quantitative estimate of drug-likeness (QED) is 0.537. The summed E-state index contributed by atoms with van der Waals surface area (Å²) < 4.78 is 9.61. The molecule has 0 rings (SSSR count). The lowest BCUT2D eigenvalue weighted by molar-refractivity contribution is -0.144. The highest BCUT2D eigenvalue weighted by Crippen LogP contribution is 2.21. The van der Waals surface area contributed by atoms with Gasteiger partial charge in [0, 0.05) is 7.11 Å². The van der Waals surface area contributed by atoms with Crippen LogP contribution >= 0.6 is 15.9 Å². The maximum absolute atomic E-state index is 11.0. The van der Waals surface area contributed by atoms with E-state index in [1.807, 2.05) is 13.8 Å². The number of methoxy groups -OCH3 is 2. The molecule has 0 saturated heterocycles. The van der Waals surface area contributed by atoms with Crippen LogP contribution in [0.1, 0.15) is 13.8 Å². The van der Waals surface area contributed by atoms with Crippen LogP contribution in [0.2, 0.25) is 0 Å². The Labute approximate surface area is 75.2 Å². The summed E-state index contributed by atoms with van der Waals surface area (Å²) in [6.07, 6.45) is 0. The molecule has 0 aliphatic rings. The molecule has 0 aliphatic carbocycles. The lowest BCUT2D eigenvalue weighted by Gasteiger charge is -2.26. The first-order chi connectivity index (χ1) is 4.95. The molecule has 11 heavy (non-hydrogen) atoms. The van der Waals surface area contributed by atoms with Crippen molar-refractivity contribution >= 4 is 21.9 Å². The van der Waals surface area contributed by atoms with Gasteiger partial charge in [-0.2, -0.15) is 0 Å². The number of carbonyl (C=O) groups is 1.